The maximum atomic E-state index is 9.65. The van der Waals surface area contributed by atoms with Crippen molar-refractivity contribution < 1.29 is 5.11 Å². The van der Waals surface area contributed by atoms with Gasteiger partial charge in [-0.25, -0.2) is 0 Å². The molecule has 0 spiro atoms. The number of hydrogen-bond donors (Lipinski definition) is 1. The van der Waals surface area contributed by atoms with Crippen molar-refractivity contribution in [2.45, 2.75) is 50.0 Å². The number of aliphatic hydroxyl groups is 1. The van der Waals surface area contributed by atoms with Crippen LogP contribution in [0.25, 0.3) is 0 Å². The summed E-state index contributed by atoms with van der Waals surface area (Å²) in [4.78, 5) is 5.55. The van der Waals surface area contributed by atoms with Gasteiger partial charge in [-0.2, -0.15) is 0 Å². The van der Waals surface area contributed by atoms with Crippen molar-refractivity contribution in [1.29, 1.82) is 0 Å². The molecule has 1 aliphatic rings. The lowest BCUT2D eigenvalue weighted by Gasteiger charge is -2.10. The van der Waals surface area contributed by atoms with Crippen molar-refractivity contribution in [3.8, 4) is 0 Å². The third-order valence-electron chi connectivity index (χ3n) is 3.45. The quantitative estimate of drug-likeness (QED) is 0.808. The van der Waals surface area contributed by atoms with Gasteiger partial charge in [-0.05, 0) is 37.3 Å². The first-order chi connectivity index (χ1) is 8.29. The molecule has 17 heavy (non-hydrogen) atoms. The highest BCUT2D eigenvalue weighted by atomic mass is 32.2. The number of aromatic nitrogens is 1. The van der Waals surface area contributed by atoms with E-state index in [0.29, 0.717) is 0 Å². The van der Waals surface area contributed by atoms with E-state index in [4.69, 9.17) is 0 Å². The number of hydrogen-bond acceptors (Lipinski definition) is 3. The van der Waals surface area contributed by atoms with Crippen molar-refractivity contribution in [2.24, 2.45) is 5.92 Å². The van der Waals surface area contributed by atoms with Crippen LogP contribution in [0.4, 0.5) is 0 Å². The summed E-state index contributed by atoms with van der Waals surface area (Å²) in [5, 5.41) is 9.65. The topological polar surface area (TPSA) is 33.1 Å². The molecule has 1 N–H and O–H groups in total. The van der Waals surface area contributed by atoms with Crippen LogP contribution < -0.4 is 0 Å². The van der Waals surface area contributed by atoms with E-state index in [1.807, 2.05) is 30.9 Å². The van der Waals surface area contributed by atoms with Gasteiger partial charge in [-0.3, -0.25) is 4.98 Å². The molecule has 0 aromatic carbocycles. The third kappa shape index (κ3) is 3.71. The smallest absolute Gasteiger partial charge is 0.0957 e. The maximum absolute atomic E-state index is 9.65. The zero-order valence-corrected chi connectivity index (χ0v) is 11.2. The van der Waals surface area contributed by atoms with E-state index in [0.717, 1.165) is 18.0 Å². The van der Waals surface area contributed by atoms with Crippen LogP contribution in [-0.4, -0.2) is 15.8 Å². The third-order valence-corrected chi connectivity index (χ3v) is 4.66. The van der Waals surface area contributed by atoms with Crippen LogP contribution in [0.3, 0.4) is 0 Å². The van der Waals surface area contributed by atoms with Crippen molar-refractivity contribution in [3.05, 3.63) is 24.0 Å². The van der Waals surface area contributed by atoms with Crippen LogP contribution in [0.2, 0.25) is 0 Å². The fourth-order valence-corrected chi connectivity index (χ4v) is 3.33. The Labute approximate surface area is 108 Å². The van der Waals surface area contributed by atoms with E-state index in [-0.39, 0.29) is 0 Å². The van der Waals surface area contributed by atoms with Crippen LogP contribution in [-0.2, 0) is 0 Å². The number of thioether (sulfide) groups is 1. The minimum Gasteiger partial charge on any atom is -0.387 e. The summed E-state index contributed by atoms with van der Waals surface area (Å²) in [6.45, 7) is 1.97. The Bertz CT molecular complexity index is 333. The van der Waals surface area contributed by atoms with Gasteiger partial charge in [0.05, 0.1) is 11.8 Å². The normalized spacial score (nSPS) is 18.5. The molecule has 1 atom stereocenters. The predicted octanol–water partition coefficient (Wildman–Crippen LogP) is 3.81. The Hall–Kier alpha value is -0.540. The van der Waals surface area contributed by atoms with Gasteiger partial charge in [0.1, 0.15) is 0 Å². The Morgan fingerprint density at radius 1 is 1.41 bits per heavy atom. The minimum absolute atomic E-state index is 0.413. The highest BCUT2D eigenvalue weighted by Crippen LogP contribution is 2.30. The maximum Gasteiger partial charge on any atom is 0.0957 e. The van der Waals surface area contributed by atoms with Gasteiger partial charge in [0, 0.05) is 16.8 Å². The van der Waals surface area contributed by atoms with Gasteiger partial charge < -0.3 is 5.11 Å². The summed E-state index contributed by atoms with van der Waals surface area (Å²) >= 11 is 1.90. The number of nitrogens with zero attached hydrogens (tertiary/aromatic N) is 1. The second kappa shape index (κ2) is 6.41. The van der Waals surface area contributed by atoms with Crippen LogP contribution >= 0.6 is 11.8 Å². The van der Waals surface area contributed by atoms with Gasteiger partial charge in [0.15, 0.2) is 0 Å². The average Bonchev–Trinajstić information content (AvgIpc) is 2.89. The van der Waals surface area contributed by atoms with Crippen LogP contribution in [0, 0.1) is 5.92 Å². The zero-order chi connectivity index (χ0) is 12.1. The first kappa shape index (κ1) is 12.9. The molecule has 1 heterocycles. The second-order valence-electron chi connectivity index (χ2n) is 4.80. The first-order valence-electron chi connectivity index (χ1n) is 6.56. The molecular weight excluding hydrogens is 230 g/mol. The van der Waals surface area contributed by atoms with Gasteiger partial charge in [0.25, 0.3) is 0 Å². The SMILES string of the molecule is CC[C@H](O)c1ccc(SCC2CCCC2)cn1. The average molecular weight is 251 g/mol. The minimum atomic E-state index is -0.413. The molecule has 1 aromatic heterocycles. The molecule has 0 bridgehead atoms. The molecule has 0 saturated heterocycles. The lowest BCUT2D eigenvalue weighted by molar-refractivity contribution is 0.169. The van der Waals surface area contributed by atoms with Crippen LogP contribution in [0.5, 0.6) is 0 Å². The van der Waals surface area contributed by atoms with Gasteiger partial charge in [-0.15, -0.1) is 11.8 Å². The molecule has 94 valence electrons. The molecule has 2 rings (SSSR count). The predicted molar refractivity (Wildman–Crippen MR) is 72.2 cm³/mol. The summed E-state index contributed by atoms with van der Waals surface area (Å²) in [5.74, 6) is 2.12. The van der Waals surface area contributed by atoms with Gasteiger partial charge in [0.2, 0.25) is 0 Å². The molecule has 0 unspecified atom stereocenters. The second-order valence-corrected chi connectivity index (χ2v) is 5.90. The summed E-state index contributed by atoms with van der Waals surface area (Å²) in [5.41, 5.74) is 0.790. The van der Waals surface area contributed by atoms with E-state index in [1.54, 1.807) is 0 Å². The fourth-order valence-electron chi connectivity index (χ4n) is 2.27. The van der Waals surface area contributed by atoms with Gasteiger partial charge >= 0.3 is 0 Å². The monoisotopic (exact) mass is 251 g/mol. The van der Waals surface area contributed by atoms with Crippen LogP contribution in [0.15, 0.2) is 23.2 Å². The highest BCUT2D eigenvalue weighted by molar-refractivity contribution is 7.99. The van der Waals surface area contributed by atoms with Crippen molar-refractivity contribution in [1.82, 2.24) is 4.98 Å². The first-order valence-corrected chi connectivity index (χ1v) is 7.55. The molecule has 1 fully saturated rings. The van der Waals surface area contributed by atoms with Crippen molar-refractivity contribution in [2.75, 3.05) is 5.75 Å². The molecule has 1 aromatic rings. The summed E-state index contributed by atoms with van der Waals surface area (Å²) < 4.78 is 0. The van der Waals surface area contributed by atoms with E-state index >= 15 is 0 Å². The lowest BCUT2D eigenvalue weighted by Crippen LogP contribution is -1.99. The summed E-state index contributed by atoms with van der Waals surface area (Å²) in [7, 11) is 0. The summed E-state index contributed by atoms with van der Waals surface area (Å²) in [6, 6.07) is 4.03. The number of rotatable bonds is 5. The standard InChI is InChI=1S/C14H21NOS/c1-2-14(16)13-8-7-12(9-15-13)17-10-11-5-3-4-6-11/h7-9,11,14,16H,2-6,10H2,1H3/t14-/m0/s1. The van der Waals surface area contributed by atoms with Gasteiger partial charge in [-0.1, -0.05) is 19.8 Å². The zero-order valence-electron chi connectivity index (χ0n) is 10.4. The highest BCUT2D eigenvalue weighted by Gasteiger charge is 2.15. The fraction of sp³-hybridized carbons (Fsp3) is 0.643. The Balaban J connectivity index is 1.84. The largest absolute Gasteiger partial charge is 0.387 e. The lowest BCUT2D eigenvalue weighted by atomic mass is 10.1. The van der Waals surface area contributed by atoms with Crippen LogP contribution in [0.1, 0.15) is 50.8 Å². The molecule has 0 amide bonds. The molecule has 1 saturated carbocycles. The van der Waals surface area contributed by atoms with E-state index in [1.165, 1.54) is 36.3 Å². The van der Waals surface area contributed by atoms with Crippen molar-refractivity contribution >= 4 is 11.8 Å². The summed E-state index contributed by atoms with van der Waals surface area (Å²) in [6.07, 6.45) is 7.81. The Morgan fingerprint density at radius 3 is 2.76 bits per heavy atom. The number of pyridine rings is 1. The molecular formula is C14H21NOS. The molecule has 2 nitrogen and oxygen atoms in total. The van der Waals surface area contributed by atoms with E-state index in [9.17, 15) is 5.11 Å². The van der Waals surface area contributed by atoms with E-state index in [2.05, 4.69) is 11.1 Å². The molecule has 0 radical (unpaired) electrons. The Kier molecular flexibility index (Phi) is 4.86. The number of aliphatic hydroxyl groups excluding tert-OH is 1. The molecule has 0 aliphatic heterocycles. The molecule has 3 heteroatoms. The van der Waals surface area contributed by atoms with Crippen molar-refractivity contribution in [3.63, 3.8) is 0 Å². The Morgan fingerprint density at radius 2 is 2.18 bits per heavy atom. The molecule has 1 aliphatic carbocycles. The van der Waals surface area contributed by atoms with E-state index < -0.39 is 6.10 Å².